The number of hydrogen-bond acceptors (Lipinski definition) is 5. The van der Waals surface area contributed by atoms with Gasteiger partial charge in [-0.05, 0) is 30.0 Å². The normalized spacial score (nSPS) is 10.1. The Hall–Kier alpha value is -2.39. The molecular formula is C14H13N3O2S. The van der Waals surface area contributed by atoms with Crippen molar-refractivity contribution in [3.8, 4) is 6.07 Å². The van der Waals surface area contributed by atoms with Crippen LogP contribution in [0.5, 0.6) is 0 Å². The van der Waals surface area contributed by atoms with Crippen LogP contribution in [0, 0.1) is 28.4 Å². The summed E-state index contributed by atoms with van der Waals surface area (Å²) in [6, 6.07) is 8.44. The molecule has 0 spiro atoms. The van der Waals surface area contributed by atoms with E-state index in [-0.39, 0.29) is 5.69 Å². The van der Waals surface area contributed by atoms with Crippen LogP contribution in [0.15, 0.2) is 29.6 Å². The first-order valence-electron chi connectivity index (χ1n) is 5.95. The van der Waals surface area contributed by atoms with Crippen molar-refractivity contribution >= 4 is 22.7 Å². The summed E-state index contributed by atoms with van der Waals surface area (Å²) in [7, 11) is 1.88. The molecule has 0 aliphatic rings. The monoisotopic (exact) mass is 287 g/mol. The minimum absolute atomic E-state index is 0.0639. The lowest BCUT2D eigenvalue weighted by Crippen LogP contribution is -2.17. The molecule has 0 saturated heterocycles. The van der Waals surface area contributed by atoms with Crippen molar-refractivity contribution < 1.29 is 4.92 Å². The summed E-state index contributed by atoms with van der Waals surface area (Å²) in [5.41, 5.74) is 2.16. The number of rotatable bonds is 4. The van der Waals surface area contributed by atoms with Gasteiger partial charge in [0.15, 0.2) is 0 Å². The maximum absolute atomic E-state index is 10.7. The summed E-state index contributed by atoms with van der Waals surface area (Å²) in [4.78, 5) is 13.4. The maximum atomic E-state index is 10.7. The molecule has 0 saturated carbocycles. The Morgan fingerprint density at radius 2 is 2.20 bits per heavy atom. The van der Waals surface area contributed by atoms with Gasteiger partial charge in [-0.3, -0.25) is 10.1 Å². The number of nitro benzene ring substituents is 1. The summed E-state index contributed by atoms with van der Waals surface area (Å²) < 4.78 is 0. The van der Waals surface area contributed by atoms with Crippen LogP contribution in [0.1, 0.15) is 16.0 Å². The minimum Gasteiger partial charge on any atom is -0.368 e. The second-order valence-corrected chi connectivity index (χ2v) is 5.45. The predicted molar refractivity (Wildman–Crippen MR) is 79.0 cm³/mol. The number of non-ortho nitro benzene ring substituents is 1. The molecule has 0 bridgehead atoms. The van der Waals surface area contributed by atoms with E-state index in [2.05, 4.69) is 6.07 Å². The molecule has 0 unspecified atom stereocenters. The number of aryl methyl sites for hydroxylation is 1. The summed E-state index contributed by atoms with van der Waals surface area (Å²) >= 11 is 1.66. The van der Waals surface area contributed by atoms with E-state index in [0.29, 0.717) is 17.8 Å². The lowest BCUT2D eigenvalue weighted by molar-refractivity contribution is -0.384. The van der Waals surface area contributed by atoms with E-state index in [1.54, 1.807) is 17.4 Å². The van der Waals surface area contributed by atoms with Crippen LogP contribution in [0.25, 0.3) is 0 Å². The van der Waals surface area contributed by atoms with Gasteiger partial charge in [0.05, 0.1) is 22.7 Å². The van der Waals surface area contributed by atoms with E-state index in [9.17, 15) is 10.1 Å². The number of nitro groups is 1. The SMILES string of the molecule is Cc1ccsc1CN(C)c1ccc([N+](=O)[O-])cc1C#N. The molecule has 5 nitrogen and oxygen atoms in total. The molecule has 102 valence electrons. The smallest absolute Gasteiger partial charge is 0.270 e. The van der Waals surface area contributed by atoms with Crippen LogP contribution in [0.2, 0.25) is 0 Å². The maximum Gasteiger partial charge on any atom is 0.270 e. The summed E-state index contributed by atoms with van der Waals surface area (Å²) in [5.74, 6) is 0. The van der Waals surface area contributed by atoms with Crippen LogP contribution in [-0.4, -0.2) is 12.0 Å². The van der Waals surface area contributed by atoms with E-state index in [0.717, 1.165) is 0 Å². The van der Waals surface area contributed by atoms with E-state index in [1.165, 1.54) is 22.6 Å². The van der Waals surface area contributed by atoms with Crippen molar-refractivity contribution in [3.05, 3.63) is 55.8 Å². The first kappa shape index (κ1) is 14.0. The zero-order chi connectivity index (χ0) is 14.7. The second-order valence-electron chi connectivity index (χ2n) is 4.45. The average Bonchev–Trinajstić information content (AvgIpc) is 2.83. The van der Waals surface area contributed by atoms with Gasteiger partial charge < -0.3 is 4.90 Å². The molecule has 1 aromatic carbocycles. The zero-order valence-electron chi connectivity index (χ0n) is 11.2. The van der Waals surface area contributed by atoms with Gasteiger partial charge in [-0.1, -0.05) is 0 Å². The van der Waals surface area contributed by atoms with Crippen molar-refractivity contribution in [2.24, 2.45) is 0 Å². The highest BCUT2D eigenvalue weighted by atomic mass is 32.1. The third kappa shape index (κ3) is 2.78. The van der Waals surface area contributed by atoms with Crippen LogP contribution >= 0.6 is 11.3 Å². The van der Waals surface area contributed by atoms with Crippen molar-refractivity contribution in [2.45, 2.75) is 13.5 Å². The van der Waals surface area contributed by atoms with Crippen molar-refractivity contribution in [1.29, 1.82) is 5.26 Å². The minimum atomic E-state index is -0.492. The fourth-order valence-corrected chi connectivity index (χ4v) is 2.89. The highest BCUT2D eigenvalue weighted by molar-refractivity contribution is 7.10. The number of nitrogens with zero attached hydrogens (tertiary/aromatic N) is 3. The standard InChI is InChI=1S/C14H13N3O2S/c1-10-5-6-20-14(10)9-16(2)13-4-3-12(17(18)19)7-11(13)8-15/h3-7H,9H2,1-2H3. The Kier molecular flexibility index (Phi) is 4.01. The molecule has 0 aliphatic heterocycles. The molecule has 2 aromatic rings. The highest BCUT2D eigenvalue weighted by Crippen LogP contribution is 2.27. The number of benzene rings is 1. The Labute approximate surface area is 120 Å². The van der Waals surface area contributed by atoms with Gasteiger partial charge in [0.2, 0.25) is 0 Å². The molecule has 6 heteroatoms. The molecule has 0 aliphatic carbocycles. The van der Waals surface area contributed by atoms with Crippen LogP contribution in [0.4, 0.5) is 11.4 Å². The first-order valence-corrected chi connectivity index (χ1v) is 6.83. The quantitative estimate of drug-likeness (QED) is 0.637. The van der Waals surface area contributed by atoms with Crippen molar-refractivity contribution in [3.63, 3.8) is 0 Å². The van der Waals surface area contributed by atoms with Gasteiger partial charge in [-0.15, -0.1) is 11.3 Å². The fraction of sp³-hybridized carbons (Fsp3) is 0.214. The number of thiophene rings is 1. The number of anilines is 1. The van der Waals surface area contributed by atoms with E-state index in [1.807, 2.05) is 30.3 Å². The number of nitriles is 1. The Morgan fingerprint density at radius 1 is 1.45 bits per heavy atom. The summed E-state index contributed by atoms with van der Waals surface area (Å²) in [6.45, 7) is 2.72. The van der Waals surface area contributed by atoms with Crippen LogP contribution < -0.4 is 4.90 Å². The van der Waals surface area contributed by atoms with Crippen molar-refractivity contribution in [1.82, 2.24) is 0 Å². The first-order chi connectivity index (χ1) is 9.52. The molecule has 0 atom stereocenters. The molecule has 0 radical (unpaired) electrons. The number of hydrogen-bond donors (Lipinski definition) is 0. The molecule has 2 rings (SSSR count). The molecular weight excluding hydrogens is 274 g/mol. The molecule has 1 aromatic heterocycles. The van der Waals surface area contributed by atoms with Crippen LogP contribution in [-0.2, 0) is 6.54 Å². The zero-order valence-corrected chi connectivity index (χ0v) is 12.0. The van der Waals surface area contributed by atoms with E-state index >= 15 is 0 Å². The third-order valence-electron chi connectivity index (χ3n) is 3.07. The fourth-order valence-electron chi connectivity index (χ4n) is 1.93. The van der Waals surface area contributed by atoms with Crippen LogP contribution in [0.3, 0.4) is 0 Å². The van der Waals surface area contributed by atoms with Gasteiger partial charge in [0.25, 0.3) is 5.69 Å². The summed E-state index contributed by atoms with van der Waals surface area (Å²) in [5, 5.41) is 21.9. The molecule has 0 N–H and O–H groups in total. The lowest BCUT2D eigenvalue weighted by Gasteiger charge is -2.20. The van der Waals surface area contributed by atoms with Gasteiger partial charge in [-0.25, -0.2) is 0 Å². The largest absolute Gasteiger partial charge is 0.368 e. The Morgan fingerprint density at radius 3 is 2.75 bits per heavy atom. The molecule has 1 heterocycles. The molecule has 20 heavy (non-hydrogen) atoms. The second kappa shape index (κ2) is 5.72. The van der Waals surface area contributed by atoms with Gasteiger partial charge in [0, 0.05) is 24.1 Å². The Bertz CT molecular complexity index is 688. The molecule has 0 amide bonds. The Balaban J connectivity index is 2.30. The predicted octanol–water partition coefficient (Wildman–Crippen LogP) is 3.47. The van der Waals surface area contributed by atoms with Gasteiger partial charge in [-0.2, -0.15) is 5.26 Å². The van der Waals surface area contributed by atoms with E-state index < -0.39 is 4.92 Å². The van der Waals surface area contributed by atoms with Crippen molar-refractivity contribution in [2.75, 3.05) is 11.9 Å². The van der Waals surface area contributed by atoms with E-state index in [4.69, 9.17) is 5.26 Å². The van der Waals surface area contributed by atoms with Gasteiger partial charge >= 0.3 is 0 Å². The van der Waals surface area contributed by atoms with Gasteiger partial charge in [0.1, 0.15) is 6.07 Å². The third-order valence-corrected chi connectivity index (χ3v) is 4.08. The highest BCUT2D eigenvalue weighted by Gasteiger charge is 2.14. The lowest BCUT2D eigenvalue weighted by atomic mass is 10.1. The summed E-state index contributed by atoms with van der Waals surface area (Å²) in [6.07, 6.45) is 0. The average molecular weight is 287 g/mol. The topological polar surface area (TPSA) is 70.2 Å². The molecule has 0 fully saturated rings.